The minimum Gasteiger partial charge on any atom is -0.355 e. The first-order valence-electron chi connectivity index (χ1n) is 9.29. The zero-order valence-corrected chi connectivity index (χ0v) is 19.5. The lowest BCUT2D eigenvalue weighted by molar-refractivity contribution is 0.103. The van der Waals surface area contributed by atoms with Crippen LogP contribution in [0, 0.1) is 5.41 Å². The molecule has 1 atom stereocenters. The lowest BCUT2D eigenvalue weighted by Crippen LogP contribution is -2.39. The molecule has 4 nitrogen and oxygen atoms in total. The van der Waals surface area contributed by atoms with Crippen LogP contribution in [0.2, 0.25) is 15.2 Å². The van der Waals surface area contributed by atoms with Gasteiger partial charge in [0, 0.05) is 22.6 Å². The number of alkyl halides is 1. The van der Waals surface area contributed by atoms with E-state index in [0.717, 1.165) is 22.8 Å². The largest absolute Gasteiger partial charge is 0.355 e. The Balaban J connectivity index is 1.51. The number of piperidine rings is 1. The number of aromatic nitrogens is 2. The number of ketones is 1. The van der Waals surface area contributed by atoms with E-state index in [9.17, 15) is 4.79 Å². The van der Waals surface area contributed by atoms with Crippen molar-refractivity contribution in [1.29, 1.82) is 0 Å². The van der Waals surface area contributed by atoms with E-state index in [2.05, 4.69) is 37.5 Å². The Hall–Kier alpha value is -0.630. The molecule has 1 aliphatic heterocycles. The van der Waals surface area contributed by atoms with Crippen molar-refractivity contribution in [3.8, 4) is 0 Å². The van der Waals surface area contributed by atoms with Gasteiger partial charge in [-0.05, 0) is 49.7 Å². The standard InChI is InChI=1S/C20H19Cl3IN3O/c21-14-3-1-2-13(16(14)22)18(28)17-19(23)26-15(11-25-17)27-8-6-20(7-9-27)5-4-12(24)10-20/h1-3,11-12H,4-10H2. The van der Waals surface area contributed by atoms with Gasteiger partial charge in [-0.25, -0.2) is 9.97 Å². The van der Waals surface area contributed by atoms with Gasteiger partial charge in [0.1, 0.15) is 11.5 Å². The normalized spacial score (nSPS) is 21.3. The maximum Gasteiger partial charge on any atom is 0.216 e. The molecule has 2 aromatic rings. The van der Waals surface area contributed by atoms with Crippen molar-refractivity contribution in [2.24, 2.45) is 5.41 Å². The summed E-state index contributed by atoms with van der Waals surface area (Å²) in [5, 5.41) is 0.603. The molecule has 1 aromatic carbocycles. The van der Waals surface area contributed by atoms with E-state index < -0.39 is 0 Å². The van der Waals surface area contributed by atoms with Crippen LogP contribution in [0.1, 0.15) is 48.2 Å². The van der Waals surface area contributed by atoms with Crippen LogP contribution in [0.4, 0.5) is 5.82 Å². The number of carbonyl (C=O) groups is 1. The van der Waals surface area contributed by atoms with Gasteiger partial charge >= 0.3 is 0 Å². The zero-order chi connectivity index (χ0) is 19.9. The molecule has 2 aliphatic rings. The molecular weight excluding hydrogens is 532 g/mol. The van der Waals surface area contributed by atoms with Crippen LogP contribution in [0.3, 0.4) is 0 Å². The summed E-state index contributed by atoms with van der Waals surface area (Å²) in [6.45, 7) is 1.89. The third-order valence-corrected chi connectivity index (χ3v) is 8.06. The van der Waals surface area contributed by atoms with Crippen LogP contribution in [0.25, 0.3) is 0 Å². The van der Waals surface area contributed by atoms with Crippen molar-refractivity contribution in [2.75, 3.05) is 18.0 Å². The first-order valence-corrected chi connectivity index (χ1v) is 11.7. The highest BCUT2D eigenvalue weighted by Gasteiger charge is 2.40. The van der Waals surface area contributed by atoms with E-state index in [1.807, 2.05) is 0 Å². The lowest BCUT2D eigenvalue weighted by atomic mass is 9.77. The van der Waals surface area contributed by atoms with Crippen molar-refractivity contribution in [3.05, 3.63) is 50.9 Å². The molecule has 8 heteroatoms. The molecule has 0 amide bonds. The highest BCUT2D eigenvalue weighted by molar-refractivity contribution is 14.1. The van der Waals surface area contributed by atoms with E-state index in [-0.39, 0.29) is 27.2 Å². The maximum absolute atomic E-state index is 12.8. The molecule has 2 heterocycles. The Morgan fingerprint density at radius 3 is 2.57 bits per heavy atom. The molecule has 1 spiro atoms. The Kier molecular flexibility index (Phi) is 6.08. The fourth-order valence-electron chi connectivity index (χ4n) is 4.27. The van der Waals surface area contributed by atoms with Gasteiger partial charge in [-0.2, -0.15) is 0 Å². The fourth-order valence-corrected chi connectivity index (χ4v) is 6.12. The summed E-state index contributed by atoms with van der Waals surface area (Å²) in [6.07, 6.45) is 7.95. The van der Waals surface area contributed by atoms with Crippen LogP contribution in [-0.4, -0.2) is 32.8 Å². The summed E-state index contributed by atoms with van der Waals surface area (Å²) in [5.74, 6) is 0.339. The van der Waals surface area contributed by atoms with E-state index in [0.29, 0.717) is 10.4 Å². The number of carbonyl (C=O) groups excluding carboxylic acids is 1. The van der Waals surface area contributed by atoms with Gasteiger partial charge in [0.2, 0.25) is 5.78 Å². The smallest absolute Gasteiger partial charge is 0.216 e. The fraction of sp³-hybridized carbons (Fsp3) is 0.450. The van der Waals surface area contributed by atoms with Crippen LogP contribution in [0.15, 0.2) is 24.4 Å². The topological polar surface area (TPSA) is 46.1 Å². The minimum atomic E-state index is -0.381. The second-order valence-corrected chi connectivity index (χ2v) is 10.5. The summed E-state index contributed by atoms with van der Waals surface area (Å²) in [7, 11) is 0. The lowest BCUT2D eigenvalue weighted by Gasteiger charge is -2.40. The molecule has 0 N–H and O–H groups in total. The Labute approximate surface area is 193 Å². The maximum atomic E-state index is 12.8. The summed E-state index contributed by atoms with van der Waals surface area (Å²) >= 11 is 21.1. The monoisotopic (exact) mass is 549 g/mol. The number of nitrogens with zero attached hydrogens (tertiary/aromatic N) is 3. The van der Waals surface area contributed by atoms with Gasteiger partial charge in [0.05, 0.1) is 16.2 Å². The highest BCUT2D eigenvalue weighted by atomic mass is 127. The second-order valence-electron chi connectivity index (χ2n) is 7.63. The van der Waals surface area contributed by atoms with Crippen LogP contribution in [-0.2, 0) is 0 Å². The summed E-state index contributed by atoms with van der Waals surface area (Å²) in [6, 6.07) is 4.91. The first kappa shape index (κ1) is 20.6. The van der Waals surface area contributed by atoms with E-state index in [4.69, 9.17) is 34.8 Å². The zero-order valence-electron chi connectivity index (χ0n) is 15.1. The molecule has 4 rings (SSSR count). The molecule has 1 aromatic heterocycles. The summed E-state index contributed by atoms with van der Waals surface area (Å²) in [5.41, 5.74) is 0.859. The van der Waals surface area contributed by atoms with Crippen molar-refractivity contribution >= 4 is 69.0 Å². The SMILES string of the molecule is O=C(c1cccc(Cl)c1Cl)c1ncc(N2CCC3(CCC(I)C3)CC2)nc1Cl. The third kappa shape index (κ3) is 4.00. The van der Waals surface area contributed by atoms with Gasteiger partial charge in [0.25, 0.3) is 0 Å². The van der Waals surface area contributed by atoms with Crippen molar-refractivity contribution in [1.82, 2.24) is 9.97 Å². The third-order valence-electron chi connectivity index (χ3n) is 5.92. The van der Waals surface area contributed by atoms with Gasteiger partial charge in [0.15, 0.2) is 5.15 Å². The Morgan fingerprint density at radius 2 is 1.93 bits per heavy atom. The van der Waals surface area contributed by atoms with Crippen molar-refractivity contribution < 1.29 is 4.79 Å². The molecular formula is C20H19Cl3IN3O. The summed E-state index contributed by atoms with van der Waals surface area (Å²) < 4.78 is 0.807. The van der Waals surface area contributed by atoms with Gasteiger partial charge in [-0.15, -0.1) is 0 Å². The predicted octanol–water partition coefficient (Wildman–Crippen LogP) is 6.24. The van der Waals surface area contributed by atoms with Crippen LogP contribution in [0.5, 0.6) is 0 Å². The predicted molar refractivity (Wildman–Crippen MR) is 122 cm³/mol. The Morgan fingerprint density at radius 1 is 1.18 bits per heavy atom. The van der Waals surface area contributed by atoms with Gasteiger partial charge in [-0.1, -0.05) is 63.5 Å². The molecule has 1 aliphatic carbocycles. The molecule has 0 radical (unpaired) electrons. The average molecular weight is 551 g/mol. The molecule has 1 saturated carbocycles. The van der Waals surface area contributed by atoms with E-state index in [1.165, 1.54) is 32.1 Å². The van der Waals surface area contributed by atoms with E-state index >= 15 is 0 Å². The molecule has 1 unspecified atom stereocenters. The van der Waals surface area contributed by atoms with Crippen LogP contribution >= 0.6 is 57.4 Å². The summed E-state index contributed by atoms with van der Waals surface area (Å²) in [4.78, 5) is 23.8. The molecule has 0 bridgehead atoms. The van der Waals surface area contributed by atoms with Crippen molar-refractivity contribution in [3.63, 3.8) is 0 Å². The van der Waals surface area contributed by atoms with Crippen molar-refractivity contribution in [2.45, 2.75) is 36.0 Å². The second kappa shape index (κ2) is 8.25. The average Bonchev–Trinajstić information content (AvgIpc) is 3.04. The molecule has 28 heavy (non-hydrogen) atoms. The number of halogens is 4. The van der Waals surface area contributed by atoms with Gasteiger partial charge in [-0.3, -0.25) is 4.79 Å². The number of benzene rings is 1. The van der Waals surface area contributed by atoms with Gasteiger partial charge < -0.3 is 4.90 Å². The number of hydrogen-bond donors (Lipinski definition) is 0. The first-order chi connectivity index (χ1) is 13.4. The minimum absolute atomic E-state index is 0.0895. The molecule has 148 valence electrons. The number of rotatable bonds is 3. The number of anilines is 1. The highest BCUT2D eigenvalue weighted by Crippen LogP contribution is 2.49. The Bertz CT molecular complexity index is 916. The molecule has 1 saturated heterocycles. The molecule has 2 fully saturated rings. The van der Waals surface area contributed by atoms with E-state index in [1.54, 1.807) is 24.4 Å². The van der Waals surface area contributed by atoms with Crippen LogP contribution < -0.4 is 4.90 Å². The quantitative estimate of drug-likeness (QED) is 0.258. The number of hydrogen-bond acceptors (Lipinski definition) is 4.